The van der Waals surface area contributed by atoms with Gasteiger partial charge >= 0.3 is 12.1 Å². The van der Waals surface area contributed by atoms with Crippen molar-refractivity contribution in [3.05, 3.63) is 58.6 Å². The van der Waals surface area contributed by atoms with Crippen molar-refractivity contribution in [1.29, 1.82) is 0 Å². The number of hydrogen-bond acceptors (Lipinski definition) is 6. The van der Waals surface area contributed by atoms with E-state index in [2.05, 4.69) is 10.3 Å². The summed E-state index contributed by atoms with van der Waals surface area (Å²) in [6.07, 6.45) is -3.37. The summed E-state index contributed by atoms with van der Waals surface area (Å²) in [5, 5.41) is 1.68. The van der Waals surface area contributed by atoms with Crippen LogP contribution in [0.1, 0.15) is 49.0 Å². The number of unbranched alkanes of at least 4 members (excludes halogenated alkanes) is 1. The Morgan fingerprint density at radius 2 is 1.86 bits per heavy atom. The maximum atomic E-state index is 13.3. The molecule has 1 saturated heterocycles. The van der Waals surface area contributed by atoms with E-state index in [1.165, 1.54) is 23.1 Å². The van der Waals surface area contributed by atoms with E-state index >= 15 is 0 Å². The van der Waals surface area contributed by atoms with Crippen molar-refractivity contribution < 1.29 is 32.3 Å². The Hall–Kier alpha value is -3.05. The van der Waals surface area contributed by atoms with Crippen LogP contribution in [0.15, 0.2) is 47.5 Å². The summed E-state index contributed by atoms with van der Waals surface area (Å²) in [4.78, 5) is 43.2. The number of nitrogens with zero attached hydrogens (tertiary/aromatic N) is 2. The van der Waals surface area contributed by atoms with Gasteiger partial charge in [0.15, 0.2) is 5.17 Å². The van der Waals surface area contributed by atoms with Crippen molar-refractivity contribution >= 4 is 57.7 Å². The molecule has 0 aliphatic carbocycles. The van der Waals surface area contributed by atoms with Crippen molar-refractivity contribution in [3.8, 4) is 0 Å². The summed E-state index contributed by atoms with van der Waals surface area (Å²) in [6, 6.07) is 9.41. The zero-order chi connectivity index (χ0) is 27.2. The maximum absolute atomic E-state index is 13.3. The maximum Gasteiger partial charge on any atom is 0.417 e. The van der Waals surface area contributed by atoms with E-state index in [4.69, 9.17) is 16.3 Å². The lowest BCUT2D eigenvalue weighted by atomic mass is 10.2. The Morgan fingerprint density at radius 1 is 1.16 bits per heavy atom. The van der Waals surface area contributed by atoms with Gasteiger partial charge in [0.25, 0.3) is 0 Å². The van der Waals surface area contributed by atoms with Crippen molar-refractivity contribution in [2.24, 2.45) is 4.99 Å². The minimum atomic E-state index is -4.65. The second-order valence-electron chi connectivity index (χ2n) is 8.06. The van der Waals surface area contributed by atoms with Crippen LogP contribution in [-0.2, 0) is 20.5 Å². The molecule has 1 aliphatic heterocycles. The van der Waals surface area contributed by atoms with Crippen LogP contribution < -0.4 is 5.32 Å². The standard InChI is InChI=1S/C25H25ClF3N3O4S/c1-3-5-12-32-22(34)20(14-21(33)30-16-8-6-15(7-9-16)23(35)36-4-2)37-24(32)31-17-10-11-19(26)18(13-17)25(27,28)29/h6-11,13,20H,3-5,12,14H2,1-2H3,(H,30,33). The fourth-order valence-electron chi connectivity index (χ4n) is 3.44. The van der Waals surface area contributed by atoms with Gasteiger partial charge in [0, 0.05) is 18.7 Å². The number of amides is 2. The lowest BCUT2D eigenvalue weighted by Crippen LogP contribution is -2.34. The molecule has 1 unspecified atom stereocenters. The summed E-state index contributed by atoms with van der Waals surface area (Å²) in [5.41, 5.74) is -0.244. The van der Waals surface area contributed by atoms with Crippen LogP contribution in [0.5, 0.6) is 0 Å². The first-order chi connectivity index (χ1) is 17.5. The van der Waals surface area contributed by atoms with E-state index in [0.717, 1.165) is 30.3 Å². The van der Waals surface area contributed by atoms with E-state index < -0.39 is 33.9 Å². The number of carbonyl (C=O) groups is 3. The normalized spacial score (nSPS) is 16.8. The lowest BCUT2D eigenvalue weighted by Gasteiger charge is -2.16. The molecule has 1 aliphatic rings. The molecule has 1 N–H and O–H groups in total. The fraction of sp³-hybridized carbons (Fsp3) is 0.360. The number of carbonyl (C=O) groups excluding carboxylic acids is 3. The summed E-state index contributed by atoms with van der Waals surface area (Å²) in [7, 11) is 0. The van der Waals surface area contributed by atoms with Crippen molar-refractivity contribution in [1.82, 2.24) is 4.90 Å². The summed E-state index contributed by atoms with van der Waals surface area (Å²) < 4.78 is 44.7. The molecule has 2 aromatic rings. The highest BCUT2D eigenvalue weighted by molar-refractivity contribution is 8.15. The number of rotatable bonds is 9. The van der Waals surface area contributed by atoms with Gasteiger partial charge in [-0.1, -0.05) is 36.7 Å². The second-order valence-corrected chi connectivity index (χ2v) is 9.63. The summed E-state index contributed by atoms with van der Waals surface area (Å²) in [6.45, 7) is 4.21. The number of ether oxygens (including phenoxy) is 1. The van der Waals surface area contributed by atoms with E-state index in [1.54, 1.807) is 19.1 Å². The molecule has 0 aromatic heterocycles. The van der Waals surface area contributed by atoms with E-state index in [9.17, 15) is 27.6 Å². The zero-order valence-electron chi connectivity index (χ0n) is 20.1. The largest absolute Gasteiger partial charge is 0.462 e. The highest BCUT2D eigenvalue weighted by Crippen LogP contribution is 2.38. The SMILES string of the molecule is CCCCN1C(=O)C(CC(=O)Nc2ccc(C(=O)OCC)cc2)SC1=Nc1ccc(Cl)c(C(F)(F)F)c1. The van der Waals surface area contributed by atoms with Gasteiger partial charge in [0.2, 0.25) is 11.8 Å². The fourth-order valence-corrected chi connectivity index (χ4v) is 4.85. The first-order valence-electron chi connectivity index (χ1n) is 11.5. The Labute approximate surface area is 221 Å². The predicted molar refractivity (Wildman–Crippen MR) is 137 cm³/mol. The third-order valence-electron chi connectivity index (χ3n) is 5.29. The minimum Gasteiger partial charge on any atom is -0.462 e. The molecule has 1 atom stereocenters. The molecule has 198 valence electrons. The van der Waals surface area contributed by atoms with E-state index in [0.29, 0.717) is 24.2 Å². The highest BCUT2D eigenvalue weighted by atomic mass is 35.5. The van der Waals surface area contributed by atoms with Gasteiger partial charge in [0.05, 0.1) is 28.4 Å². The van der Waals surface area contributed by atoms with Gasteiger partial charge in [-0.2, -0.15) is 13.2 Å². The number of hydrogen-bond donors (Lipinski definition) is 1. The van der Waals surface area contributed by atoms with Gasteiger partial charge < -0.3 is 10.1 Å². The first kappa shape index (κ1) is 28.5. The molecular weight excluding hydrogens is 531 g/mol. The number of amidine groups is 1. The smallest absolute Gasteiger partial charge is 0.417 e. The number of thioether (sulfide) groups is 1. The predicted octanol–water partition coefficient (Wildman–Crippen LogP) is 6.30. The summed E-state index contributed by atoms with van der Waals surface area (Å²) in [5.74, 6) is -1.25. The highest BCUT2D eigenvalue weighted by Gasteiger charge is 2.39. The first-order valence-corrected chi connectivity index (χ1v) is 12.8. The molecule has 37 heavy (non-hydrogen) atoms. The number of halogens is 4. The molecule has 12 heteroatoms. The number of nitrogens with one attached hydrogen (secondary N) is 1. The number of benzene rings is 2. The Kier molecular flexibility index (Phi) is 9.61. The monoisotopic (exact) mass is 555 g/mol. The summed E-state index contributed by atoms with van der Waals surface area (Å²) >= 11 is 6.73. The zero-order valence-corrected chi connectivity index (χ0v) is 21.7. The quantitative estimate of drug-likeness (QED) is 0.367. The lowest BCUT2D eigenvalue weighted by molar-refractivity contribution is -0.137. The molecule has 3 rings (SSSR count). The molecule has 0 saturated carbocycles. The average molecular weight is 556 g/mol. The number of anilines is 1. The van der Waals surface area contributed by atoms with Crippen molar-refractivity contribution in [2.45, 2.75) is 44.5 Å². The van der Waals surface area contributed by atoms with Gasteiger partial charge in [-0.25, -0.2) is 9.79 Å². The van der Waals surface area contributed by atoms with Crippen LogP contribution >= 0.6 is 23.4 Å². The third-order valence-corrected chi connectivity index (χ3v) is 6.79. The van der Waals surface area contributed by atoms with Crippen LogP contribution in [0.4, 0.5) is 24.5 Å². The van der Waals surface area contributed by atoms with Crippen LogP contribution in [0.25, 0.3) is 0 Å². The molecule has 0 radical (unpaired) electrons. The molecule has 0 bridgehead atoms. The second kappa shape index (κ2) is 12.5. The Bertz CT molecular complexity index is 1190. The topological polar surface area (TPSA) is 88.1 Å². The molecule has 0 spiro atoms. The van der Waals surface area contributed by atoms with Crippen LogP contribution in [-0.4, -0.2) is 46.3 Å². The minimum absolute atomic E-state index is 0.000291. The van der Waals surface area contributed by atoms with Crippen LogP contribution in [0.3, 0.4) is 0 Å². The Morgan fingerprint density at radius 3 is 2.49 bits per heavy atom. The Balaban J connectivity index is 1.74. The number of alkyl halides is 3. The van der Waals surface area contributed by atoms with Crippen molar-refractivity contribution in [2.75, 3.05) is 18.5 Å². The van der Waals surface area contributed by atoms with E-state index in [1.807, 2.05) is 6.92 Å². The molecule has 1 heterocycles. The number of esters is 1. The van der Waals surface area contributed by atoms with Crippen LogP contribution in [0, 0.1) is 0 Å². The molecule has 2 aromatic carbocycles. The van der Waals surface area contributed by atoms with E-state index in [-0.39, 0.29) is 29.8 Å². The van der Waals surface area contributed by atoms with Gasteiger partial charge in [-0.05, 0) is 55.8 Å². The molecular formula is C25H25ClF3N3O4S. The molecule has 7 nitrogen and oxygen atoms in total. The van der Waals surface area contributed by atoms with Gasteiger partial charge in [0.1, 0.15) is 5.25 Å². The average Bonchev–Trinajstić information content (AvgIpc) is 3.12. The molecule has 1 fully saturated rings. The number of aliphatic imine (C=N–C) groups is 1. The van der Waals surface area contributed by atoms with Gasteiger partial charge in [-0.3, -0.25) is 14.5 Å². The van der Waals surface area contributed by atoms with Crippen LogP contribution in [0.2, 0.25) is 5.02 Å². The molecule has 2 amide bonds. The van der Waals surface area contributed by atoms with Gasteiger partial charge in [-0.15, -0.1) is 0 Å². The third kappa shape index (κ3) is 7.48. The van der Waals surface area contributed by atoms with Crippen molar-refractivity contribution in [3.63, 3.8) is 0 Å².